The van der Waals surface area contributed by atoms with Crippen LogP contribution in [-0.2, 0) is 26.0 Å². The number of carbonyl (C=O) groups excluding carboxylic acids is 2. The third-order valence-corrected chi connectivity index (χ3v) is 8.36. The minimum absolute atomic E-state index is 0.0885. The zero-order chi connectivity index (χ0) is 21.7. The number of aryl methyl sites for hydroxylation is 1. The molecule has 3 rings (SSSR count). The second-order valence-electron chi connectivity index (χ2n) is 8.07. The molecule has 2 amide bonds. The van der Waals surface area contributed by atoms with Crippen molar-refractivity contribution in [1.82, 2.24) is 14.1 Å². The summed E-state index contributed by atoms with van der Waals surface area (Å²) in [5.74, 6) is 0.555. The highest BCUT2D eigenvalue weighted by Gasteiger charge is 2.32. The van der Waals surface area contributed by atoms with Crippen LogP contribution in [0.2, 0.25) is 0 Å². The lowest BCUT2D eigenvalue weighted by atomic mass is 9.84. The van der Waals surface area contributed by atoms with Crippen LogP contribution in [0, 0.1) is 5.92 Å². The van der Waals surface area contributed by atoms with E-state index in [1.807, 2.05) is 23.6 Å². The first kappa shape index (κ1) is 22.7. The molecule has 0 N–H and O–H groups in total. The van der Waals surface area contributed by atoms with Gasteiger partial charge in [0, 0.05) is 51.6 Å². The fourth-order valence-corrected chi connectivity index (χ4v) is 5.50. The molecule has 8 heteroatoms. The molecule has 2 fully saturated rings. The van der Waals surface area contributed by atoms with Crippen molar-refractivity contribution < 1.29 is 18.0 Å². The van der Waals surface area contributed by atoms with Crippen LogP contribution < -0.4 is 0 Å². The molecule has 0 bridgehead atoms. The largest absolute Gasteiger partial charge is 0.339 e. The summed E-state index contributed by atoms with van der Waals surface area (Å²) >= 11 is 0. The quantitative estimate of drug-likeness (QED) is 0.627. The van der Waals surface area contributed by atoms with Crippen molar-refractivity contribution in [3.63, 3.8) is 0 Å². The first-order valence-corrected chi connectivity index (χ1v) is 12.5. The Morgan fingerprint density at radius 3 is 2.03 bits per heavy atom. The van der Waals surface area contributed by atoms with Gasteiger partial charge in [-0.25, -0.2) is 8.42 Å². The molecule has 1 saturated heterocycles. The molecule has 30 heavy (non-hydrogen) atoms. The summed E-state index contributed by atoms with van der Waals surface area (Å²) in [4.78, 5) is 28.9. The molecule has 1 aromatic rings. The van der Waals surface area contributed by atoms with Crippen molar-refractivity contribution in [3.05, 3.63) is 29.8 Å². The van der Waals surface area contributed by atoms with Crippen LogP contribution in [0.15, 0.2) is 29.2 Å². The average Bonchev–Trinajstić information content (AvgIpc) is 2.72. The number of piperazine rings is 1. The maximum Gasteiger partial charge on any atom is 0.243 e. The summed E-state index contributed by atoms with van der Waals surface area (Å²) in [7, 11) is -3.46. The van der Waals surface area contributed by atoms with Crippen LogP contribution in [0.1, 0.15) is 45.1 Å². The van der Waals surface area contributed by atoms with Gasteiger partial charge >= 0.3 is 0 Å². The number of hydrogen-bond donors (Lipinski definition) is 0. The molecule has 0 spiro atoms. The first-order valence-electron chi connectivity index (χ1n) is 11.0. The van der Waals surface area contributed by atoms with Gasteiger partial charge in [0.05, 0.1) is 4.90 Å². The minimum atomic E-state index is -3.46. The lowest BCUT2D eigenvalue weighted by molar-refractivity contribution is -0.144. The highest BCUT2D eigenvalue weighted by atomic mass is 32.2. The van der Waals surface area contributed by atoms with Crippen LogP contribution in [0.5, 0.6) is 0 Å². The van der Waals surface area contributed by atoms with E-state index in [-0.39, 0.29) is 22.6 Å². The third-order valence-electron chi connectivity index (χ3n) is 6.29. The van der Waals surface area contributed by atoms with E-state index in [0.29, 0.717) is 52.1 Å². The minimum Gasteiger partial charge on any atom is -0.339 e. The Labute approximate surface area is 180 Å². The number of hydrogen-bond acceptors (Lipinski definition) is 4. The van der Waals surface area contributed by atoms with Crippen molar-refractivity contribution in [1.29, 1.82) is 0 Å². The van der Waals surface area contributed by atoms with Crippen LogP contribution >= 0.6 is 0 Å². The zero-order valence-electron chi connectivity index (χ0n) is 18.0. The van der Waals surface area contributed by atoms with Gasteiger partial charge in [0.25, 0.3) is 0 Å². The van der Waals surface area contributed by atoms with E-state index in [4.69, 9.17) is 0 Å². The Morgan fingerprint density at radius 2 is 1.53 bits per heavy atom. The van der Waals surface area contributed by atoms with Gasteiger partial charge in [-0.05, 0) is 37.0 Å². The number of carbonyl (C=O) groups is 2. The van der Waals surface area contributed by atoms with Crippen LogP contribution in [0.25, 0.3) is 0 Å². The van der Waals surface area contributed by atoms with Gasteiger partial charge in [-0.1, -0.05) is 32.4 Å². The molecule has 1 heterocycles. The molecule has 0 radical (unpaired) electrons. The normalized spacial score (nSPS) is 17.8. The monoisotopic (exact) mass is 435 g/mol. The fraction of sp³-hybridized carbons (Fsp3) is 0.636. The van der Waals surface area contributed by atoms with Gasteiger partial charge < -0.3 is 9.80 Å². The zero-order valence-corrected chi connectivity index (χ0v) is 18.9. The highest BCUT2D eigenvalue weighted by Crippen LogP contribution is 2.28. The van der Waals surface area contributed by atoms with Gasteiger partial charge in [0.1, 0.15) is 0 Å². The number of benzene rings is 1. The number of nitrogens with zero attached hydrogens (tertiary/aromatic N) is 3. The molecule has 0 unspecified atom stereocenters. The SMILES string of the molecule is CCN(CC)S(=O)(=O)c1ccc(CCC(=O)N2CCN(C(=O)C3CCC3)CC2)cc1. The molecule has 7 nitrogen and oxygen atoms in total. The number of sulfonamides is 1. The van der Waals surface area contributed by atoms with E-state index in [2.05, 4.69) is 0 Å². The second-order valence-corrected chi connectivity index (χ2v) is 10.0. The van der Waals surface area contributed by atoms with E-state index >= 15 is 0 Å². The van der Waals surface area contributed by atoms with Gasteiger partial charge in [-0.15, -0.1) is 0 Å². The molecule has 166 valence electrons. The first-order chi connectivity index (χ1) is 14.4. The van der Waals surface area contributed by atoms with E-state index in [0.717, 1.165) is 24.8 Å². The molecule has 1 aliphatic heterocycles. The molecule has 0 atom stereocenters. The second kappa shape index (κ2) is 9.92. The molecular weight excluding hydrogens is 402 g/mol. The average molecular weight is 436 g/mol. The van der Waals surface area contributed by atoms with Gasteiger partial charge in [-0.2, -0.15) is 4.31 Å². The van der Waals surface area contributed by atoms with Crippen molar-refractivity contribution in [3.8, 4) is 0 Å². The Bertz CT molecular complexity index is 838. The predicted octanol–water partition coefficient (Wildman–Crippen LogP) is 2.12. The van der Waals surface area contributed by atoms with Crippen molar-refractivity contribution in [2.24, 2.45) is 5.92 Å². The van der Waals surface area contributed by atoms with Crippen LogP contribution in [-0.4, -0.2) is 73.6 Å². The topological polar surface area (TPSA) is 78.0 Å². The maximum absolute atomic E-state index is 12.6. The van der Waals surface area contributed by atoms with E-state index in [1.54, 1.807) is 24.3 Å². The van der Waals surface area contributed by atoms with Gasteiger partial charge in [-0.3, -0.25) is 9.59 Å². The smallest absolute Gasteiger partial charge is 0.243 e. The summed E-state index contributed by atoms with van der Waals surface area (Å²) in [5, 5.41) is 0. The maximum atomic E-state index is 12.6. The summed E-state index contributed by atoms with van der Waals surface area (Å²) in [6.07, 6.45) is 4.13. The lowest BCUT2D eigenvalue weighted by Crippen LogP contribution is -2.52. The van der Waals surface area contributed by atoms with Crippen LogP contribution in [0.3, 0.4) is 0 Å². The standard InChI is InChI=1S/C22H33N3O4S/c1-3-25(4-2)30(28,29)20-11-8-18(9-12-20)10-13-21(26)23-14-16-24(17-15-23)22(27)19-6-5-7-19/h8-9,11-12,19H,3-7,10,13-17H2,1-2H3. The third kappa shape index (κ3) is 5.03. The molecule has 2 aliphatic rings. The molecule has 1 saturated carbocycles. The molecule has 1 aliphatic carbocycles. The van der Waals surface area contributed by atoms with E-state index < -0.39 is 10.0 Å². The Kier molecular flexibility index (Phi) is 7.52. The van der Waals surface area contributed by atoms with Gasteiger partial charge in [0.2, 0.25) is 21.8 Å². The van der Waals surface area contributed by atoms with Gasteiger partial charge in [0.15, 0.2) is 0 Å². The summed E-state index contributed by atoms with van der Waals surface area (Å²) in [6, 6.07) is 6.83. The number of rotatable bonds is 8. The molecule has 1 aromatic carbocycles. The number of amides is 2. The summed E-state index contributed by atoms with van der Waals surface area (Å²) in [6.45, 7) is 6.96. The Morgan fingerprint density at radius 1 is 0.967 bits per heavy atom. The highest BCUT2D eigenvalue weighted by molar-refractivity contribution is 7.89. The van der Waals surface area contributed by atoms with Crippen molar-refractivity contribution in [2.75, 3.05) is 39.3 Å². The van der Waals surface area contributed by atoms with E-state index in [9.17, 15) is 18.0 Å². The summed E-state index contributed by atoms with van der Waals surface area (Å²) in [5.41, 5.74) is 0.945. The lowest BCUT2D eigenvalue weighted by Gasteiger charge is -2.38. The fourth-order valence-electron chi connectivity index (χ4n) is 4.04. The molecular formula is C22H33N3O4S. The van der Waals surface area contributed by atoms with E-state index in [1.165, 1.54) is 4.31 Å². The van der Waals surface area contributed by atoms with Crippen molar-refractivity contribution >= 4 is 21.8 Å². The Hall–Kier alpha value is -1.93. The Balaban J connectivity index is 1.47. The predicted molar refractivity (Wildman–Crippen MR) is 115 cm³/mol. The summed E-state index contributed by atoms with van der Waals surface area (Å²) < 4.78 is 26.5. The molecule has 0 aromatic heterocycles. The van der Waals surface area contributed by atoms with Crippen molar-refractivity contribution in [2.45, 2.75) is 50.8 Å². The van der Waals surface area contributed by atoms with Crippen LogP contribution in [0.4, 0.5) is 0 Å².